The quantitative estimate of drug-likeness (QED) is 0.593. The fourth-order valence-corrected chi connectivity index (χ4v) is 2.10. The topological polar surface area (TPSA) is 22.1 Å². The Labute approximate surface area is 119 Å². The molecule has 88 valence electrons. The molecule has 4 heteroatoms. The van der Waals surface area contributed by atoms with Crippen molar-refractivity contribution in [1.29, 1.82) is 0 Å². The van der Waals surface area contributed by atoms with Gasteiger partial charge in [-0.25, -0.2) is 0 Å². The van der Waals surface area contributed by atoms with Crippen molar-refractivity contribution < 1.29 is 4.74 Å². The van der Waals surface area contributed by atoms with Crippen LogP contribution in [0.25, 0.3) is 0 Å². The van der Waals surface area contributed by atoms with E-state index in [9.17, 15) is 0 Å². The molecule has 0 unspecified atom stereocenters. The van der Waals surface area contributed by atoms with Crippen molar-refractivity contribution in [3.8, 4) is 11.5 Å². The van der Waals surface area contributed by atoms with E-state index in [1.165, 1.54) is 0 Å². The molecule has 0 aliphatic heterocycles. The Morgan fingerprint density at radius 1 is 1.29 bits per heavy atom. The summed E-state index contributed by atoms with van der Waals surface area (Å²) < 4.78 is 6.95. The van der Waals surface area contributed by atoms with E-state index in [-0.39, 0.29) is 0 Å². The highest BCUT2D eigenvalue weighted by molar-refractivity contribution is 14.1. The third-order valence-corrected chi connectivity index (χ3v) is 3.46. The molecular formula is C13H11ClINO. The Morgan fingerprint density at radius 3 is 2.76 bits per heavy atom. The molecule has 0 spiro atoms. The molecule has 0 radical (unpaired) electrons. The maximum absolute atomic E-state index is 5.88. The first-order valence-corrected chi connectivity index (χ1v) is 6.76. The third-order valence-electron chi connectivity index (χ3n) is 2.28. The first-order valence-electron chi connectivity index (χ1n) is 5.14. The Bertz CT molecular complexity index is 531. The third kappa shape index (κ3) is 3.10. The molecule has 1 heterocycles. The summed E-state index contributed by atoms with van der Waals surface area (Å²) in [6, 6.07) is 9.78. The maximum atomic E-state index is 5.88. The van der Waals surface area contributed by atoms with E-state index in [1.807, 2.05) is 37.3 Å². The second-order valence-electron chi connectivity index (χ2n) is 3.60. The number of hydrogen-bond acceptors (Lipinski definition) is 2. The summed E-state index contributed by atoms with van der Waals surface area (Å²) in [5, 5.41) is 0. The zero-order valence-corrected chi connectivity index (χ0v) is 12.2. The zero-order chi connectivity index (χ0) is 12.3. The Kier molecular flexibility index (Phi) is 4.23. The molecule has 2 rings (SSSR count). The molecule has 0 saturated carbocycles. The van der Waals surface area contributed by atoms with Crippen molar-refractivity contribution in [2.45, 2.75) is 12.8 Å². The van der Waals surface area contributed by atoms with Gasteiger partial charge in [0.2, 0.25) is 0 Å². The second-order valence-corrected chi connectivity index (χ2v) is 5.03. The molecule has 17 heavy (non-hydrogen) atoms. The lowest BCUT2D eigenvalue weighted by molar-refractivity contribution is 0.473. The highest BCUT2D eigenvalue weighted by atomic mass is 127. The van der Waals surface area contributed by atoms with Crippen molar-refractivity contribution in [2.75, 3.05) is 0 Å². The van der Waals surface area contributed by atoms with Gasteiger partial charge in [-0.3, -0.25) is 4.98 Å². The van der Waals surface area contributed by atoms with E-state index in [2.05, 4.69) is 27.6 Å². The van der Waals surface area contributed by atoms with E-state index in [0.29, 0.717) is 5.88 Å². The fraction of sp³-hybridized carbons (Fsp3) is 0.154. The molecule has 1 aromatic carbocycles. The normalized spacial score (nSPS) is 10.3. The average molecular weight is 360 g/mol. The molecule has 0 bridgehead atoms. The minimum atomic E-state index is 0.395. The van der Waals surface area contributed by atoms with Gasteiger partial charge in [0.05, 0.1) is 9.45 Å². The minimum absolute atomic E-state index is 0.395. The van der Waals surface area contributed by atoms with Crippen molar-refractivity contribution in [1.82, 2.24) is 4.98 Å². The van der Waals surface area contributed by atoms with Crippen molar-refractivity contribution in [3.63, 3.8) is 0 Å². The maximum Gasteiger partial charge on any atom is 0.140 e. The van der Waals surface area contributed by atoms with E-state index >= 15 is 0 Å². The summed E-state index contributed by atoms with van der Waals surface area (Å²) in [6.45, 7) is 1.93. The standard InChI is InChI=1S/C13H11ClINO/c1-9-6-13(10(7-14)8-16-9)17-12-5-3-2-4-11(12)15/h2-6,8H,7H2,1H3. The summed E-state index contributed by atoms with van der Waals surface area (Å²) in [6.07, 6.45) is 1.76. The molecule has 0 aliphatic carbocycles. The number of halogens is 2. The summed E-state index contributed by atoms with van der Waals surface area (Å²) in [4.78, 5) is 4.21. The van der Waals surface area contributed by atoms with Crippen molar-refractivity contribution in [3.05, 3.63) is 51.4 Å². The average Bonchev–Trinajstić information content (AvgIpc) is 2.32. The summed E-state index contributed by atoms with van der Waals surface area (Å²) in [5.74, 6) is 2.01. The lowest BCUT2D eigenvalue weighted by atomic mass is 10.2. The van der Waals surface area contributed by atoms with Crippen LogP contribution in [0.15, 0.2) is 36.5 Å². The number of aromatic nitrogens is 1. The van der Waals surface area contributed by atoms with Crippen LogP contribution in [0, 0.1) is 10.5 Å². The molecule has 0 saturated heterocycles. The van der Waals surface area contributed by atoms with Crippen LogP contribution in [0.3, 0.4) is 0 Å². The molecule has 0 atom stereocenters. The van der Waals surface area contributed by atoms with Gasteiger partial charge in [0.1, 0.15) is 11.5 Å². The Hall–Kier alpha value is -0.810. The monoisotopic (exact) mass is 359 g/mol. The highest BCUT2D eigenvalue weighted by Crippen LogP contribution is 2.29. The van der Waals surface area contributed by atoms with Gasteiger partial charge in [0.25, 0.3) is 0 Å². The van der Waals surface area contributed by atoms with Crippen LogP contribution in [0.4, 0.5) is 0 Å². The first-order chi connectivity index (χ1) is 8.20. The number of ether oxygens (including phenoxy) is 1. The number of pyridine rings is 1. The molecule has 0 fully saturated rings. The zero-order valence-electron chi connectivity index (χ0n) is 9.28. The van der Waals surface area contributed by atoms with Crippen LogP contribution >= 0.6 is 34.2 Å². The van der Waals surface area contributed by atoms with E-state index < -0.39 is 0 Å². The number of nitrogens with zero attached hydrogens (tertiary/aromatic N) is 1. The van der Waals surface area contributed by atoms with Crippen molar-refractivity contribution >= 4 is 34.2 Å². The van der Waals surface area contributed by atoms with E-state index in [4.69, 9.17) is 16.3 Å². The molecule has 0 aliphatic rings. The number of para-hydroxylation sites is 1. The van der Waals surface area contributed by atoms with Gasteiger partial charge in [-0.2, -0.15) is 0 Å². The predicted octanol–water partition coefficient (Wildman–Crippen LogP) is 4.53. The summed E-state index contributed by atoms with van der Waals surface area (Å²) in [7, 11) is 0. The number of hydrogen-bond donors (Lipinski definition) is 0. The van der Waals surface area contributed by atoms with E-state index in [1.54, 1.807) is 6.20 Å². The Morgan fingerprint density at radius 2 is 2.06 bits per heavy atom. The molecule has 0 N–H and O–H groups in total. The smallest absolute Gasteiger partial charge is 0.140 e. The van der Waals surface area contributed by atoms with Crippen LogP contribution in [0.5, 0.6) is 11.5 Å². The van der Waals surface area contributed by atoms with Gasteiger partial charge in [-0.1, -0.05) is 12.1 Å². The number of rotatable bonds is 3. The van der Waals surface area contributed by atoms with Gasteiger partial charge in [0.15, 0.2) is 0 Å². The first kappa shape index (κ1) is 12.6. The van der Waals surface area contributed by atoms with Crippen LogP contribution in [-0.2, 0) is 5.88 Å². The summed E-state index contributed by atoms with van der Waals surface area (Å²) in [5.41, 5.74) is 1.82. The fourth-order valence-electron chi connectivity index (χ4n) is 1.40. The van der Waals surface area contributed by atoms with Crippen LogP contribution in [0.1, 0.15) is 11.3 Å². The van der Waals surface area contributed by atoms with E-state index in [0.717, 1.165) is 26.3 Å². The summed E-state index contributed by atoms with van der Waals surface area (Å²) >= 11 is 8.11. The van der Waals surface area contributed by atoms with Gasteiger partial charge in [-0.05, 0) is 41.6 Å². The van der Waals surface area contributed by atoms with Gasteiger partial charge in [-0.15, -0.1) is 11.6 Å². The van der Waals surface area contributed by atoms with Crippen molar-refractivity contribution in [2.24, 2.45) is 0 Å². The highest BCUT2D eigenvalue weighted by Gasteiger charge is 2.07. The van der Waals surface area contributed by atoms with Gasteiger partial charge >= 0.3 is 0 Å². The molecule has 1 aromatic heterocycles. The number of alkyl halides is 1. The molecule has 2 aromatic rings. The lowest BCUT2D eigenvalue weighted by Gasteiger charge is -2.11. The number of benzene rings is 1. The SMILES string of the molecule is Cc1cc(Oc2ccccc2I)c(CCl)cn1. The lowest BCUT2D eigenvalue weighted by Crippen LogP contribution is -1.94. The number of aryl methyl sites for hydroxylation is 1. The van der Waals surface area contributed by atoms with Gasteiger partial charge in [0, 0.05) is 23.5 Å². The van der Waals surface area contributed by atoms with Crippen LogP contribution in [-0.4, -0.2) is 4.98 Å². The van der Waals surface area contributed by atoms with Gasteiger partial charge < -0.3 is 4.74 Å². The Balaban J connectivity index is 2.35. The molecular weight excluding hydrogens is 349 g/mol. The largest absolute Gasteiger partial charge is 0.456 e. The van der Waals surface area contributed by atoms with Crippen LogP contribution in [0.2, 0.25) is 0 Å². The predicted molar refractivity (Wildman–Crippen MR) is 77.8 cm³/mol. The molecule has 0 amide bonds. The molecule has 2 nitrogen and oxygen atoms in total. The minimum Gasteiger partial charge on any atom is -0.456 e. The second kappa shape index (κ2) is 5.69. The van der Waals surface area contributed by atoms with Crippen LogP contribution < -0.4 is 4.74 Å².